The van der Waals surface area contributed by atoms with E-state index >= 15 is 0 Å². The number of benzene rings is 3. The van der Waals surface area contributed by atoms with E-state index in [9.17, 15) is 4.79 Å². The standard InChI is InChI=1S/C23H20ClN5OS/c1-15-3-9-21(16(2)11-15)31-22-10-4-17(24)12-20(22)28-23(30)27-18-5-7-19(8-6-18)29-14-25-13-26-29/h3-14H,1-2H3,(H2,27,28,30). The lowest BCUT2D eigenvalue weighted by Gasteiger charge is -2.14. The summed E-state index contributed by atoms with van der Waals surface area (Å²) in [7, 11) is 0. The van der Waals surface area contributed by atoms with E-state index in [1.54, 1.807) is 41.0 Å². The summed E-state index contributed by atoms with van der Waals surface area (Å²) in [6.45, 7) is 4.15. The largest absolute Gasteiger partial charge is 0.323 e. The number of hydrogen-bond donors (Lipinski definition) is 2. The van der Waals surface area contributed by atoms with E-state index in [-0.39, 0.29) is 6.03 Å². The Bertz CT molecular complexity index is 1210. The molecule has 6 nitrogen and oxygen atoms in total. The summed E-state index contributed by atoms with van der Waals surface area (Å²) in [5, 5.41) is 10.4. The molecule has 4 rings (SSSR count). The Labute approximate surface area is 189 Å². The van der Waals surface area contributed by atoms with Crippen molar-refractivity contribution in [2.24, 2.45) is 0 Å². The van der Waals surface area contributed by atoms with E-state index in [1.807, 2.05) is 24.3 Å². The molecule has 0 atom stereocenters. The molecule has 3 aromatic carbocycles. The first-order chi connectivity index (χ1) is 15.0. The fourth-order valence-electron chi connectivity index (χ4n) is 3.04. The minimum atomic E-state index is -0.349. The van der Waals surface area contributed by atoms with Crippen molar-refractivity contribution in [1.29, 1.82) is 0 Å². The lowest BCUT2D eigenvalue weighted by molar-refractivity contribution is 0.262. The van der Waals surface area contributed by atoms with Gasteiger partial charge >= 0.3 is 6.03 Å². The van der Waals surface area contributed by atoms with Crippen molar-refractivity contribution in [3.63, 3.8) is 0 Å². The van der Waals surface area contributed by atoms with Crippen LogP contribution < -0.4 is 10.6 Å². The Morgan fingerprint density at radius 3 is 2.45 bits per heavy atom. The van der Waals surface area contributed by atoms with Gasteiger partial charge in [0.25, 0.3) is 0 Å². The van der Waals surface area contributed by atoms with Gasteiger partial charge in [-0.15, -0.1) is 0 Å². The number of carbonyl (C=O) groups is 1. The molecule has 0 radical (unpaired) electrons. The molecule has 0 aliphatic carbocycles. The van der Waals surface area contributed by atoms with Gasteiger partial charge in [0.15, 0.2) is 0 Å². The van der Waals surface area contributed by atoms with Crippen molar-refractivity contribution in [1.82, 2.24) is 14.8 Å². The second kappa shape index (κ2) is 9.24. The number of anilines is 2. The maximum Gasteiger partial charge on any atom is 0.323 e. The van der Waals surface area contributed by atoms with Gasteiger partial charge in [0.05, 0.1) is 11.4 Å². The third-order valence-corrected chi connectivity index (χ3v) is 6.04. The third-order valence-electron chi connectivity index (χ3n) is 4.55. The Hall–Kier alpha value is -3.29. The molecular formula is C23H20ClN5OS. The fraction of sp³-hybridized carbons (Fsp3) is 0.0870. The third kappa shape index (κ3) is 5.25. The first-order valence-electron chi connectivity index (χ1n) is 9.56. The number of urea groups is 1. The van der Waals surface area contributed by atoms with E-state index in [0.717, 1.165) is 15.5 Å². The van der Waals surface area contributed by atoms with Crippen LogP contribution in [-0.2, 0) is 0 Å². The molecule has 2 N–H and O–H groups in total. The quantitative estimate of drug-likeness (QED) is 0.373. The maximum atomic E-state index is 12.6. The molecule has 0 saturated heterocycles. The van der Waals surface area contributed by atoms with Crippen LogP contribution >= 0.6 is 23.4 Å². The van der Waals surface area contributed by atoms with Gasteiger partial charge in [0, 0.05) is 20.5 Å². The van der Waals surface area contributed by atoms with Crippen LogP contribution in [0.1, 0.15) is 11.1 Å². The first kappa shape index (κ1) is 21.0. The molecule has 156 valence electrons. The fourth-order valence-corrected chi connectivity index (χ4v) is 4.17. The Morgan fingerprint density at radius 2 is 1.74 bits per heavy atom. The molecule has 0 aliphatic rings. The molecule has 0 bridgehead atoms. The van der Waals surface area contributed by atoms with Crippen molar-refractivity contribution >= 4 is 40.8 Å². The number of nitrogens with one attached hydrogen (secondary N) is 2. The first-order valence-corrected chi connectivity index (χ1v) is 10.7. The zero-order chi connectivity index (χ0) is 21.8. The van der Waals surface area contributed by atoms with Crippen LogP contribution in [0.15, 0.2) is 83.1 Å². The molecule has 1 aromatic heterocycles. The highest BCUT2D eigenvalue weighted by molar-refractivity contribution is 7.99. The van der Waals surface area contributed by atoms with E-state index < -0.39 is 0 Å². The average Bonchev–Trinajstić information content (AvgIpc) is 3.27. The zero-order valence-corrected chi connectivity index (χ0v) is 18.5. The highest BCUT2D eigenvalue weighted by atomic mass is 35.5. The Morgan fingerprint density at radius 1 is 0.968 bits per heavy atom. The average molecular weight is 450 g/mol. The second-order valence-electron chi connectivity index (χ2n) is 6.98. The molecule has 0 spiro atoms. The van der Waals surface area contributed by atoms with Crippen LogP contribution in [0, 0.1) is 13.8 Å². The van der Waals surface area contributed by atoms with Gasteiger partial charge < -0.3 is 10.6 Å². The summed E-state index contributed by atoms with van der Waals surface area (Å²) in [4.78, 5) is 18.6. The predicted molar refractivity (Wildman–Crippen MR) is 125 cm³/mol. The van der Waals surface area contributed by atoms with Crippen molar-refractivity contribution in [2.75, 3.05) is 10.6 Å². The van der Waals surface area contributed by atoms with Crippen molar-refractivity contribution < 1.29 is 4.79 Å². The molecule has 2 amide bonds. The monoisotopic (exact) mass is 449 g/mol. The van der Waals surface area contributed by atoms with E-state index in [0.29, 0.717) is 16.4 Å². The van der Waals surface area contributed by atoms with E-state index in [1.165, 1.54) is 17.5 Å². The van der Waals surface area contributed by atoms with Crippen LogP contribution in [0.3, 0.4) is 0 Å². The number of carbonyl (C=O) groups excluding carboxylic acids is 1. The summed E-state index contributed by atoms with van der Waals surface area (Å²) in [5.74, 6) is 0. The summed E-state index contributed by atoms with van der Waals surface area (Å²) in [6.07, 6.45) is 3.08. The number of aromatic nitrogens is 3. The normalized spacial score (nSPS) is 10.7. The van der Waals surface area contributed by atoms with Crippen LogP contribution in [0.25, 0.3) is 5.69 Å². The summed E-state index contributed by atoms with van der Waals surface area (Å²) < 4.78 is 1.65. The minimum Gasteiger partial charge on any atom is -0.308 e. The van der Waals surface area contributed by atoms with Crippen molar-refractivity contribution in [3.8, 4) is 5.69 Å². The minimum absolute atomic E-state index is 0.349. The smallest absolute Gasteiger partial charge is 0.308 e. The summed E-state index contributed by atoms with van der Waals surface area (Å²) in [5.41, 5.74) is 4.56. The molecule has 8 heteroatoms. The molecule has 0 fully saturated rings. The van der Waals surface area contributed by atoms with Crippen LogP contribution in [0.2, 0.25) is 5.02 Å². The second-order valence-corrected chi connectivity index (χ2v) is 8.50. The highest BCUT2D eigenvalue weighted by Crippen LogP contribution is 2.37. The van der Waals surface area contributed by atoms with Gasteiger partial charge in [0.2, 0.25) is 0 Å². The van der Waals surface area contributed by atoms with Gasteiger partial charge in [-0.1, -0.05) is 41.1 Å². The number of hydrogen-bond acceptors (Lipinski definition) is 4. The van der Waals surface area contributed by atoms with Crippen LogP contribution in [0.4, 0.5) is 16.2 Å². The van der Waals surface area contributed by atoms with Crippen molar-refractivity contribution in [2.45, 2.75) is 23.6 Å². The number of rotatable bonds is 5. The van der Waals surface area contributed by atoms with Crippen LogP contribution in [-0.4, -0.2) is 20.8 Å². The van der Waals surface area contributed by atoms with Gasteiger partial charge in [0.1, 0.15) is 12.7 Å². The molecule has 31 heavy (non-hydrogen) atoms. The topological polar surface area (TPSA) is 71.8 Å². The molecule has 0 aliphatic heterocycles. The molecule has 0 unspecified atom stereocenters. The van der Waals surface area contributed by atoms with Crippen LogP contribution in [0.5, 0.6) is 0 Å². The number of aryl methyl sites for hydroxylation is 2. The molecular weight excluding hydrogens is 430 g/mol. The zero-order valence-electron chi connectivity index (χ0n) is 17.0. The lowest BCUT2D eigenvalue weighted by Crippen LogP contribution is -2.19. The Balaban J connectivity index is 1.48. The lowest BCUT2D eigenvalue weighted by atomic mass is 10.2. The SMILES string of the molecule is Cc1ccc(Sc2ccc(Cl)cc2NC(=O)Nc2ccc(-n3cncn3)cc2)c(C)c1. The number of halogens is 1. The molecule has 4 aromatic rings. The maximum absolute atomic E-state index is 12.6. The summed E-state index contributed by atoms with van der Waals surface area (Å²) in [6, 6.07) is 18.8. The Kier molecular flexibility index (Phi) is 6.25. The van der Waals surface area contributed by atoms with Gasteiger partial charge in [-0.2, -0.15) is 5.10 Å². The predicted octanol–water partition coefficient (Wildman–Crippen LogP) is 6.33. The summed E-state index contributed by atoms with van der Waals surface area (Å²) >= 11 is 7.78. The van der Waals surface area contributed by atoms with Gasteiger partial charge in [-0.3, -0.25) is 0 Å². The van der Waals surface area contributed by atoms with Gasteiger partial charge in [-0.05, 0) is 67.9 Å². The van der Waals surface area contributed by atoms with E-state index in [2.05, 4.69) is 52.8 Å². The van der Waals surface area contributed by atoms with Gasteiger partial charge in [-0.25, -0.2) is 14.5 Å². The highest BCUT2D eigenvalue weighted by Gasteiger charge is 2.11. The van der Waals surface area contributed by atoms with E-state index in [4.69, 9.17) is 11.6 Å². The van der Waals surface area contributed by atoms with Crippen molar-refractivity contribution in [3.05, 3.63) is 89.5 Å². The number of amides is 2. The number of nitrogens with zero attached hydrogens (tertiary/aromatic N) is 3. The molecule has 1 heterocycles. The molecule has 0 saturated carbocycles.